The lowest BCUT2D eigenvalue weighted by Gasteiger charge is -2.14. The Hall–Kier alpha value is -1.87. The first-order valence-electron chi connectivity index (χ1n) is 7.77. The van der Waals surface area contributed by atoms with Gasteiger partial charge in [0.15, 0.2) is 0 Å². The monoisotopic (exact) mass is 430 g/mol. The van der Waals surface area contributed by atoms with E-state index in [9.17, 15) is 9.59 Å². The Kier molecular flexibility index (Phi) is 6.23. The highest BCUT2D eigenvalue weighted by atomic mass is 79.9. The standard InChI is InChI=1S/C15H20BrClN6O2/c1-5-22-13(11(17)6-18-22)15(25)20-19-14(24)8(2)7-23-10(4)12(16)9(3)21-23/h6,8H,5,7H2,1-4H3,(H,19,24)(H,20,25). The topological polar surface area (TPSA) is 93.8 Å². The minimum absolute atomic E-state index is 0.208. The fourth-order valence-corrected chi connectivity index (χ4v) is 2.83. The number of carbonyl (C=O) groups excluding carboxylic acids is 2. The highest BCUT2D eigenvalue weighted by molar-refractivity contribution is 9.10. The van der Waals surface area contributed by atoms with Crippen molar-refractivity contribution in [2.45, 2.75) is 40.8 Å². The highest BCUT2D eigenvalue weighted by Crippen LogP contribution is 2.20. The maximum Gasteiger partial charge on any atom is 0.289 e. The van der Waals surface area contributed by atoms with Crippen LogP contribution in [0.2, 0.25) is 5.02 Å². The lowest BCUT2D eigenvalue weighted by molar-refractivity contribution is -0.125. The van der Waals surface area contributed by atoms with Gasteiger partial charge in [-0.3, -0.25) is 29.8 Å². The summed E-state index contributed by atoms with van der Waals surface area (Å²) >= 11 is 9.42. The van der Waals surface area contributed by atoms with Crippen molar-refractivity contribution in [3.8, 4) is 0 Å². The third-order valence-corrected chi connectivity index (χ3v) is 5.22. The summed E-state index contributed by atoms with van der Waals surface area (Å²) in [6, 6.07) is 0. The van der Waals surface area contributed by atoms with Gasteiger partial charge in [0.1, 0.15) is 5.69 Å². The van der Waals surface area contributed by atoms with Crippen LogP contribution in [-0.2, 0) is 17.9 Å². The predicted octanol–water partition coefficient (Wildman–Crippen LogP) is 2.23. The van der Waals surface area contributed by atoms with Crippen molar-refractivity contribution in [2.75, 3.05) is 0 Å². The van der Waals surface area contributed by atoms with Gasteiger partial charge in [-0.05, 0) is 36.7 Å². The first kappa shape index (κ1) is 19.5. The molecule has 2 aromatic heterocycles. The van der Waals surface area contributed by atoms with Gasteiger partial charge in [-0.2, -0.15) is 10.2 Å². The van der Waals surface area contributed by atoms with Crippen molar-refractivity contribution in [1.29, 1.82) is 0 Å². The summed E-state index contributed by atoms with van der Waals surface area (Å²) in [5, 5.41) is 8.60. The lowest BCUT2D eigenvalue weighted by Crippen LogP contribution is -2.45. The molecular weight excluding hydrogens is 412 g/mol. The minimum atomic E-state index is -0.515. The average Bonchev–Trinajstić information content (AvgIpc) is 3.07. The third kappa shape index (κ3) is 4.21. The third-order valence-electron chi connectivity index (χ3n) is 3.80. The molecule has 0 radical (unpaired) electrons. The molecule has 0 saturated carbocycles. The molecule has 2 N–H and O–H groups in total. The molecule has 1 atom stereocenters. The number of halogens is 2. The van der Waals surface area contributed by atoms with Gasteiger partial charge in [0, 0.05) is 12.2 Å². The van der Waals surface area contributed by atoms with Crippen LogP contribution in [0.1, 0.15) is 35.7 Å². The molecule has 0 saturated heterocycles. The van der Waals surface area contributed by atoms with Gasteiger partial charge in [-0.15, -0.1) is 0 Å². The van der Waals surface area contributed by atoms with Crippen LogP contribution in [0, 0.1) is 19.8 Å². The molecule has 0 bridgehead atoms. The maximum atomic E-state index is 12.2. The number of carbonyl (C=O) groups is 2. The van der Waals surface area contributed by atoms with E-state index in [2.05, 4.69) is 37.0 Å². The molecule has 10 heteroatoms. The Bertz CT molecular complexity index is 800. The number of aromatic nitrogens is 4. The summed E-state index contributed by atoms with van der Waals surface area (Å²) in [7, 11) is 0. The maximum absolute atomic E-state index is 12.2. The fraction of sp³-hybridized carbons (Fsp3) is 0.467. The van der Waals surface area contributed by atoms with E-state index < -0.39 is 11.8 Å². The zero-order chi connectivity index (χ0) is 18.7. The van der Waals surface area contributed by atoms with Crippen molar-refractivity contribution in [3.63, 3.8) is 0 Å². The molecular formula is C15H20BrClN6O2. The Morgan fingerprint density at radius 2 is 2.00 bits per heavy atom. The Morgan fingerprint density at radius 1 is 1.32 bits per heavy atom. The summed E-state index contributed by atoms with van der Waals surface area (Å²) in [6.07, 6.45) is 1.39. The van der Waals surface area contributed by atoms with E-state index in [0.29, 0.717) is 13.1 Å². The largest absolute Gasteiger partial charge is 0.289 e. The zero-order valence-corrected chi connectivity index (χ0v) is 16.8. The van der Waals surface area contributed by atoms with Crippen molar-refractivity contribution in [2.24, 2.45) is 5.92 Å². The molecule has 0 spiro atoms. The summed E-state index contributed by atoms with van der Waals surface area (Å²) in [5.74, 6) is -1.23. The normalized spacial score (nSPS) is 12.1. The zero-order valence-electron chi connectivity index (χ0n) is 14.4. The number of nitrogens with one attached hydrogen (secondary N) is 2. The van der Waals surface area contributed by atoms with E-state index in [4.69, 9.17) is 11.6 Å². The first-order chi connectivity index (χ1) is 11.8. The molecule has 1 unspecified atom stereocenters. The Morgan fingerprint density at radius 3 is 2.56 bits per heavy atom. The number of hydrogen-bond acceptors (Lipinski definition) is 4. The van der Waals surface area contributed by atoms with Gasteiger partial charge in [0.05, 0.1) is 33.8 Å². The molecule has 8 nitrogen and oxygen atoms in total. The number of rotatable bonds is 5. The van der Waals surface area contributed by atoms with Crippen LogP contribution in [0.25, 0.3) is 0 Å². The smallest absolute Gasteiger partial charge is 0.273 e. The quantitative estimate of drug-likeness (QED) is 0.710. The summed E-state index contributed by atoms with van der Waals surface area (Å²) in [6.45, 7) is 8.30. The van der Waals surface area contributed by atoms with Gasteiger partial charge in [-0.25, -0.2) is 0 Å². The highest BCUT2D eigenvalue weighted by Gasteiger charge is 2.20. The van der Waals surface area contributed by atoms with Crippen LogP contribution in [0.3, 0.4) is 0 Å². The van der Waals surface area contributed by atoms with E-state index in [0.717, 1.165) is 15.9 Å². The number of aryl methyl sites for hydroxylation is 2. The lowest BCUT2D eigenvalue weighted by atomic mass is 10.1. The molecule has 0 aromatic carbocycles. The molecule has 0 fully saturated rings. The molecule has 136 valence electrons. The van der Waals surface area contributed by atoms with Gasteiger partial charge in [-0.1, -0.05) is 18.5 Å². The number of hydrazine groups is 1. The van der Waals surface area contributed by atoms with E-state index >= 15 is 0 Å². The number of hydrogen-bond donors (Lipinski definition) is 2. The van der Waals surface area contributed by atoms with Gasteiger partial charge in [0.25, 0.3) is 5.91 Å². The van der Waals surface area contributed by atoms with E-state index in [1.165, 1.54) is 10.9 Å². The number of nitrogens with zero attached hydrogens (tertiary/aromatic N) is 4. The van der Waals surface area contributed by atoms with Crippen molar-refractivity contribution in [1.82, 2.24) is 30.4 Å². The molecule has 2 aromatic rings. The van der Waals surface area contributed by atoms with Crippen molar-refractivity contribution < 1.29 is 9.59 Å². The van der Waals surface area contributed by atoms with E-state index in [1.807, 2.05) is 20.8 Å². The van der Waals surface area contributed by atoms with E-state index in [1.54, 1.807) is 11.6 Å². The summed E-state index contributed by atoms with van der Waals surface area (Å²) < 4.78 is 4.14. The Balaban J connectivity index is 1.96. The second-order valence-corrected chi connectivity index (χ2v) is 6.87. The second kappa shape index (κ2) is 8.01. The van der Waals surface area contributed by atoms with Gasteiger partial charge in [0.2, 0.25) is 5.91 Å². The minimum Gasteiger partial charge on any atom is -0.273 e. The summed E-state index contributed by atoms with van der Waals surface area (Å²) in [4.78, 5) is 24.4. The first-order valence-corrected chi connectivity index (χ1v) is 8.94. The van der Waals surface area contributed by atoms with Crippen molar-refractivity contribution >= 4 is 39.3 Å². The number of amides is 2. The molecule has 2 rings (SSSR count). The van der Waals surface area contributed by atoms with Crippen LogP contribution in [0.15, 0.2) is 10.7 Å². The fourth-order valence-electron chi connectivity index (χ4n) is 2.32. The molecule has 2 heterocycles. The van der Waals surface area contributed by atoms with Crippen LogP contribution in [0.4, 0.5) is 0 Å². The molecule has 25 heavy (non-hydrogen) atoms. The van der Waals surface area contributed by atoms with Crippen LogP contribution in [-0.4, -0.2) is 31.4 Å². The van der Waals surface area contributed by atoms with Crippen LogP contribution >= 0.6 is 27.5 Å². The average molecular weight is 432 g/mol. The van der Waals surface area contributed by atoms with Crippen molar-refractivity contribution in [3.05, 3.63) is 32.8 Å². The van der Waals surface area contributed by atoms with Crippen LogP contribution in [0.5, 0.6) is 0 Å². The van der Waals surface area contributed by atoms with E-state index in [-0.39, 0.29) is 16.6 Å². The Labute approximate surface area is 159 Å². The SMILES string of the molecule is CCn1ncc(Cl)c1C(=O)NNC(=O)C(C)Cn1nc(C)c(Br)c1C. The molecule has 0 aliphatic rings. The van der Waals surface area contributed by atoms with Gasteiger partial charge < -0.3 is 0 Å². The van der Waals surface area contributed by atoms with Gasteiger partial charge >= 0.3 is 0 Å². The van der Waals surface area contributed by atoms with Crippen LogP contribution < -0.4 is 10.9 Å². The molecule has 2 amide bonds. The summed E-state index contributed by atoms with van der Waals surface area (Å²) in [5.41, 5.74) is 6.81. The predicted molar refractivity (Wildman–Crippen MR) is 97.1 cm³/mol. The second-order valence-electron chi connectivity index (χ2n) is 5.67. The molecule has 0 aliphatic heterocycles. The molecule has 0 aliphatic carbocycles.